The van der Waals surface area contributed by atoms with E-state index >= 15 is 0 Å². The van der Waals surface area contributed by atoms with Gasteiger partial charge < -0.3 is 14.2 Å². The lowest BCUT2D eigenvalue weighted by Crippen LogP contribution is -2.43. The predicted molar refractivity (Wildman–Crippen MR) is 142 cm³/mol. The number of thioether (sulfide) groups is 1. The first-order valence-corrected chi connectivity index (χ1v) is 15.4. The molecule has 15 heteroatoms. The van der Waals surface area contributed by atoms with Gasteiger partial charge in [-0.3, -0.25) is 0 Å². The maximum absolute atomic E-state index is 15.0. The van der Waals surface area contributed by atoms with Crippen molar-refractivity contribution in [1.29, 1.82) is 0 Å². The van der Waals surface area contributed by atoms with Crippen molar-refractivity contribution in [3.05, 3.63) is 59.2 Å². The average Bonchev–Trinajstić information content (AvgIpc) is 2.92. The van der Waals surface area contributed by atoms with Gasteiger partial charge in [0.05, 0.1) is 29.6 Å². The molecule has 0 radical (unpaired) electrons. The van der Waals surface area contributed by atoms with E-state index in [0.29, 0.717) is 0 Å². The molecule has 2 fully saturated rings. The van der Waals surface area contributed by atoms with Crippen LogP contribution < -0.4 is 4.74 Å². The number of rotatable bonds is 11. The Morgan fingerprint density at radius 2 is 1.13 bits per heavy atom. The summed E-state index contributed by atoms with van der Waals surface area (Å²) < 4.78 is 169. The minimum Gasteiger partial charge on any atom is -0.432 e. The van der Waals surface area contributed by atoms with Gasteiger partial charge in [-0.1, -0.05) is 6.92 Å². The van der Waals surface area contributed by atoms with Crippen LogP contribution >= 0.6 is 11.8 Å². The van der Waals surface area contributed by atoms with Crippen LogP contribution in [-0.2, 0) is 21.8 Å². The average molecular weight is 681 g/mol. The molecule has 0 saturated heterocycles. The summed E-state index contributed by atoms with van der Waals surface area (Å²) in [6.45, 7) is 1.93. The summed E-state index contributed by atoms with van der Waals surface area (Å²) in [5.41, 5.74) is -2.59. The molecule has 4 rings (SSSR count). The molecule has 0 bridgehead atoms. The fourth-order valence-corrected chi connectivity index (χ4v) is 6.32. The number of benzene rings is 2. The van der Waals surface area contributed by atoms with E-state index in [2.05, 4.69) is 4.74 Å². The van der Waals surface area contributed by atoms with Gasteiger partial charge in [-0.25, -0.2) is 8.78 Å². The number of hydrogen-bond acceptors (Lipinski definition) is 4. The lowest BCUT2D eigenvalue weighted by Gasteiger charge is -2.38. The van der Waals surface area contributed by atoms with E-state index in [0.717, 1.165) is 10.6 Å². The molecule has 2 aliphatic carbocycles. The molecule has 0 amide bonds. The van der Waals surface area contributed by atoms with Gasteiger partial charge in [-0.2, -0.15) is 39.5 Å². The van der Waals surface area contributed by atoms with Gasteiger partial charge in [-0.15, -0.1) is 11.8 Å². The zero-order chi connectivity index (χ0) is 33.2. The molecule has 0 N–H and O–H groups in total. The number of alkyl halides is 9. The van der Waals surface area contributed by atoms with Crippen molar-refractivity contribution in [2.45, 2.75) is 99.9 Å². The van der Waals surface area contributed by atoms with Crippen LogP contribution in [-0.4, -0.2) is 30.2 Å². The van der Waals surface area contributed by atoms with E-state index in [1.807, 2.05) is 6.92 Å². The molecule has 2 aromatic rings. The normalized spacial score (nSPS) is 23.6. The van der Waals surface area contributed by atoms with Crippen LogP contribution in [0.2, 0.25) is 0 Å². The Labute approximate surface area is 256 Å². The molecular formula is C30H31F11O3S. The van der Waals surface area contributed by atoms with Gasteiger partial charge >= 0.3 is 24.5 Å². The summed E-state index contributed by atoms with van der Waals surface area (Å²) >= 11 is 1.49. The molecule has 0 aromatic heterocycles. The van der Waals surface area contributed by atoms with E-state index in [9.17, 15) is 48.3 Å². The largest absolute Gasteiger partial charge is 0.432 e. The van der Waals surface area contributed by atoms with Gasteiger partial charge in [0.2, 0.25) is 0 Å². The fourth-order valence-electron chi connectivity index (χ4n) is 5.66. The molecular weight excluding hydrogens is 649 g/mol. The number of ether oxygens (including phenoxy) is 3. The second-order valence-corrected chi connectivity index (χ2v) is 12.5. The van der Waals surface area contributed by atoms with E-state index in [4.69, 9.17) is 9.47 Å². The molecule has 0 unspecified atom stereocenters. The van der Waals surface area contributed by atoms with E-state index in [-0.39, 0.29) is 69.1 Å². The van der Waals surface area contributed by atoms with Crippen molar-refractivity contribution >= 4 is 11.8 Å². The van der Waals surface area contributed by atoms with Crippen molar-refractivity contribution in [2.75, 3.05) is 5.75 Å². The second kappa shape index (κ2) is 13.8. The molecule has 0 heterocycles. The van der Waals surface area contributed by atoms with Crippen LogP contribution in [0.5, 0.6) is 5.75 Å². The smallest absolute Gasteiger partial charge is 0.422 e. The minimum absolute atomic E-state index is 0.0000582. The van der Waals surface area contributed by atoms with E-state index in [1.54, 1.807) is 12.1 Å². The monoisotopic (exact) mass is 680 g/mol. The molecule has 0 atom stereocenters. The van der Waals surface area contributed by atoms with Crippen LogP contribution in [0, 0.1) is 23.5 Å². The fraction of sp³-hybridized carbons (Fsp3) is 0.600. The quantitative estimate of drug-likeness (QED) is 0.174. The van der Waals surface area contributed by atoms with Crippen LogP contribution in [0.4, 0.5) is 48.3 Å². The highest BCUT2D eigenvalue weighted by Crippen LogP contribution is 2.45. The third-order valence-corrected chi connectivity index (χ3v) is 8.89. The number of hydrogen-bond donors (Lipinski definition) is 0. The summed E-state index contributed by atoms with van der Waals surface area (Å²) in [5, 5.41) is 0. The lowest BCUT2D eigenvalue weighted by molar-refractivity contribution is -0.314. The standard InChI is InChI=1S/C30H31F11O3S/c1-2-45-23-13-7-19(8-14-23)29(38,39)43-21-9-3-17(4-10-21)28(36,37)42-20-11-5-18(6-12-20)30(40,41)44-22-15-24(31)26(25(32)16-22)27(33,34)35/h7-8,13-18,20-21H,2-6,9-12H2,1H3. The zero-order valence-corrected chi connectivity index (χ0v) is 24.7. The van der Waals surface area contributed by atoms with Crippen molar-refractivity contribution in [1.82, 2.24) is 0 Å². The highest BCUT2D eigenvalue weighted by Gasteiger charge is 2.49. The van der Waals surface area contributed by atoms with Crippen LogP contribution in [0.1, 0.15) is 69.4 Å². The molecule has 2 aliphatic rings. The Balaban J connectivity index is 1.25. The summed E-state index contributed by atoms with van der Waals surface area (Å²) in [6.07, 6.45) is -20.5. The Hall–Kier alpha value is -2.26. The SMILES string of the molecule is CCSc1ccc(C(F)(F)OC2CCC(C(F)(F)OC3CCC(C(F)(F)Oc4cc(F)c(C(F)(F)F)c(F)c4)CC3)CC2)cc1. The van der Waals surface area contributed by atoms with Gasteiger partial charge in [0.25, 0.3) is 0 Å². The van der Waals surface area contributed by atoms with Gasteiger partial charge in [0.1, 0.15) is 22.9 Å². The van der Waals surface area contributed by atoms with Crippen molar-refractivity contribution < 1.29 is 62.5 Å². The third-order valence-electron chi connectivity index (χ3n) is 7.99. The van der Waals surface area contributed by atoms with Crippen LogP contribution in [0.3, 0.4) is 0 Å². The molecule has 2 saturated carbocycles. The summed E-state index contributed by atoms with van der Waals surface area (Å²) in [7, 11) is 0. The Morgan fingerprint density at radius 1 is 0.667 bits per heavy atom. The molecule has 3 nitrogen and oxygen atoms in total. The van der Waals surface area contributed by atoms with Crippen LogP contribution in [0.15, 0.2) is 41.3 Å². The summed E-state index contributed by atoms with van der Waals surface area (Å²) in [4.78, 5) is 0.821. The third kappa shape index (κ3) is 8.97. The van der Waals surface area contributed by atoms with Crippen molar-refractivity contribution in [3.8, 4) is 5.75 Å². The first-order chi connectivity index (χ1) is 20.9. The predicted octanol–water partition coefficient (Wildman–Crippen LogP) is 10.6. The van der Waals surface area contributed by atoms with Gasteiger partial charge in [0.15, 0.2) is 0 Å². The first kappa shape index (κ1) is 35.6. The minimum atomic E-state index is -5.39. The zero-order valence-electron chi connectivity index (χ0n) is 23.9. The Bertz CT molecular complexity index is 1250. The van der Waals surface area contributed by atoms with E-state index < -0.39 is 71.5 Å². The molecule has 45 heavy (non-hydrogen) atoms. The Kier molecular flexibility index (Phi) is 10.9. The molecule has 2 aromatic carbocycles. The van der Waals surface area contributed by atoms with Gasteiger partial charge in [0, 0.05) is 17.0 Å². The summed E-state index contributed by atoms with van der Waals surface area (Å²) in [6, 6.07) is 5.63. The number of halogens is 11. The van der Waals surface area contributed by atoms with E-state index in [1.165, 1.54) is 23.9 Å². The highest BCUT2D eigenvalue weighted by molar-refractivity contribution is 7.99. The van der Waals surface area contributed by atoms with Crippen molar-refractivity contribution in [2.24, 2.45) is 11.8 Å². The van der Waals surface area contributed by atoms with Crippen LogP contribution in [0.25, 0.3) is 0 Å². The van der Waals surface area contributed by atoms with Crippen molar-refractivity contribution in [3.63, 3.8) is 0 Å². The van der Waals surface area contributed by atoms with Gasteiger partial charge in [-0.05, 0) is 81.4 Å². The topological polar surface area (TPSA) is 27.7 Å². The molecule has 0 aliphatic heterocycles. The maximum Gasteiger partial charge on any atom is 0.422 e. The first-order valence-electron chi connectivity index (χ1n) is 14.4. The highest BCUT2D eigenvalue weighted by atomic mass is 32.2. The lowest BCUT2D eigenvalue weighted by atomic mass is 9.85. The maximum atomic E-state index is 15.0. The Morgan fingerprint density at radius 3 is 1.60 bits per heavy atom. The molecule has 252 valence electrons. The summed E-state index contributed by atoms with van der Waals surface area (Å²) in [5.74, 6) is -7.53. The second-order valence-electron chi connectivity index (χ2n) is 11.1. The molecule has 0 spiro atoms.